The third-order valence-corrected chi connectivity index (χ3v) is 4.20. The maximum atomic E-state index is 9.00. The summed E-state index contributed by atoms with van der Waals surface area (Å²) in [5.74, 6) is 0.668. The van der Waals surface area contributed by atoms with Crippen molar-refractivity contribution < 1.29 is 9.63 Å². The minimum absolute atomic E-state index is 0.207. The topological polar surface area (TPSA) is 76.5 Å². The van der Waals surface area contributed by atoms with Gasteiger partial charge in [0.05, 0.1) is 5.69 Å². The predicted molar refractivity (Wildman–Crippen MR) is 82.5 cm³/mol. The highest BCUT2D eigenvalue weighted by atomic mass is 32.1. The van der Waals surface area contributed by atoms with Crippen molar-refractivity contribution in [3.8, 4) is 22.6 Å². The number of nitrogens with zero attached hydrogens (tertiary/aromatic N) is 4. The summed E-state index contributed by atoms with van der Waals surface area (Å²) in [6.45, 7) is 1.80. The van der Waals surface area contributed by atoms with Crippen molar-refractivity contribution in [3.05, 3.63) is 47.4 Å². The molecule has 0 saturated heterocycles. The molecule has 4 aromatic rings. The smallest absolute Gasteiger partial charge is 0.252 e. The number of benzene rings is 1. The summed E-state index contributed by atoms with van der Waals surface area (Å²) in [6, 6.07) is 7.79. The SMILES string of the molecule is Cc1cn2cc(-c3cccc(-c4noc(CO)n4)c3)nc2s1. The fourth-order valence-corrected chi connectivity index (χ4v) is 3.11. The van der Waals surface area contributed by atoms with E-state index in [0.717, 1.165) is 21.8 Å². The Hall–Kier alpha value is -2.51. The van der Waals surface area contributed by atoms with Crippen molar-refractivity contribution in [2.24, 2.45) is 0 Å². The molecule has 0 radical (unpaired) electrons. The lowest BCUT2D eigenvalue weighted by Crippen LogP contribution is -1.85. The van der Waals surface area contributed by atoms with Gasteiger partial charge in [-0.3, -0.25) is 4.40 Å². The second-order valence-corrected chi connectivity index (χ2v) is 6.12. The van der Waals surface area contributed by atoms with E-state index in [2.05, 4.69) is 28.2 Å². The number of aliphatic hydroxyl groups excluding tert-OH is 1. The number of aryl methyl sites for hydroxylation is 1. The number of hydrogen-bond acceptors (Lipinski definition) is 6. The van der Waals surface area contributed by atoms with Gasteiger partial charge in [-0.1, -0.05) is 23.4 Å². The molecule has 0 aliphatic heterocycles. The first kappa shape index (κ1) is 13.2. The van der Waals surface area contributed by atoms with E-state index in [4.69, 9.17) is 9.63 Å². The summed E-state index contributed by atoms with van der Waals surface area (Å²) in [5.41, 5.74) is 2.72. The Balaban J connectivity index is 1.75. The molecule has 6 nitrogen and oxygen atoms in total. The summed E-state index contributed by atoms with van der Waals surface area (Å²) in [7, 11) is 0. The average molecular weight is 312 g/mol. The van der Waals surface area contributed by atoms with E-state index in [1.165, 1.54) is 4.88 Å². The molecule has 0 fully saturated rings. The molecule has 3 heterocycles. The summed E-state index contributed by atoms with van der Waals surface area (Å²) >= 11 is 1.66. The number of rotatable bonds is 3. The Morgan fingerprint density at radius 3 is 2.86 bits per heavy atom. The van der Waals surface area contributed by atoms with Crippen LogP contribution in [0.15, 0.2) is 41.2 Å². The third-order valence-electron chi connectivity index (χ3n) is 3.29. The van der Waals surface area contributed by atoms with Crippen LogP contribution in [-0.2, 0) is 6.61 Å². The van der Waals surface area contributed by atoms with Gasteiger partial charge in [0, 0.05) is 28.4 Å². The molecule has 0 unspecified atom stereocenters. The van der Waals surface area contributed by atoms with Crippen LogP contribution in [0.5, 0.6) is 0 Å². The Labute approximate surface area is 129 Å². The summed E-state index contributed by atoms with van der Waals surface area (Å²) in [5, 5.41) is 12.9. The number of aliphatic hydroxyl groups is 1. The molecule has 0 spiro atoms. The van der Waals surface area contributed by atoms with E-state index in [9.17, 15) is 0 Å². The maximum Gasteiger partial charge on any atom is 0.252 e. The minimum atomic E-state index is -0.261. The molecule has 110 valence electrons. The first-order valence-corrected chi connectivity index (χ1v) is 7.54. The fraction of sp³-hybridized carbons (Fsp3) is 0.133. The van der Waals surface area contributed by atoms with Crippen LogP contribution in [0.1, 0.15) is 10.8 Å². The monoisotopic (exact) mass is 312 g/mol. The molecular formula is C15H12N4O2S. The van der Waals surface area contributed by atoms with Crippen LogP contribution < -0.4 is 0 Å². The first-order chi connectivity index (χ1) is 10.7. The molecule has 0 aliphatic carbocycles. The van der Waals surface area contributed by atoms with Gasteiger partial charge in [0.1, 0.15) is 6.61 Å². The molecule has 1 aromatic carbocycles. The standard InChI is InChI=1S/C15H12N4O2S/c1-9-6-19-7-12(16-15(19)22-9)10-3-2-4-11(5-10)14-17-13(8-20)21-18-14/h2-7,20H,8H2,1H3. The lowest BCUT2D eigenvalue weighted by molar-refractivity contribution is 0.222. The highest BCUT2D eigenvalue weighted by Gasteiger charge is 2.11. The highest BCUT2D eigenvalue weighted by molar-refractivity contribution is 7.17. The van der Waals surface area contributed by atoms with E-state index in [1.807, 2.05) is 34.9 Å². The van der Waals surface area contributed by atoms with E-state index in [1.54, 1.807) is 11.3 Å². The summed E-state index contributed by atoms with van der Waals surface area (Å²) in [4.78, 5) is 11.0. The Bertz CT molecular complexity index is 922. The molecule has 0 amide bonds. The molecule has 4 rings (SSSR count). The molecular weight excluding hydrogens is 300 g/mol. The largest absolute Gasteiger partial charge is 0.387 e. The Morgan fingerprint density at radius 1 is 1.23 bits per heavy atom. The van der Waals surface area contributed by atoms with Crippen LogP contribution in [0, 0.1) is 6.92 Å². The molecule has 0 atom stereocenters. The molecule has 0 aliphatic rings. The van der Waals surface area contributed by atoms with Gasteiger partial charge in [-0.15, -0.1) is 11.3 Å². The fourth-order valence-electron chi connectivity index (χ4n) is 2.30. The van der Waals surface area contributed by atoms with E-state index in [-0.39, 0.29) is 12.5 Å². The molecule has 0 saturated carbocycles. The highest BCUT2D eigenvalue weighted by Crippen LogP contribution is 2.26. The number of imidazole rings is 1. The summed E-state index contributed by atoms with van der Waals surface area (Å²) in [6.07, 6.45) is 4.07. The van der Waals surface area contributed by atoms with Gasteiger partial charge in [-0.25, -0.2) is 4.98 Å². The van der Waals surface area contributed by atoms with Gasteiger partial charge in [0.2, 0.25) is 5.82 Å². The number of aromatic nitrogens is 4. The van der Waals surface area contributed by atoms with Crippen LogP contribution >= 0.6 is 11.3 Å². The molecule has 7 heteroatoms. The van der Waals surface area contributed by atoms with Crippen LogP contribution in [0.4, 0.5) is 0 Å². The van der Waals surface area contributed by atoms with Crippen molar-refractivity contribution in [1.29, 1.82) is 0 Å². The Kier molecular flexibility index (Phi) is 3.02. The quantitative estimate of drug-likeness (QED) is 0.629. The van der Waals surface area contributed by atoms with Crippen molar-refractivity contribution in [1.82, 2.24) is 19.5 Å². The zero-order valence-electron chi connectivity index (χ0n) is 11.7. The lowest BCUT2D eigenvalue weighted by Gasteiger charge is -1.99. The van der Waals surface area contributed by atoms with Gasteiger partial charge in [0.25, 0.3) is 5.89 Å². The Morgan fingerprint density at radius 2 is 2.09 bits per heavy atom. The van der Waals surface area contributed by atoms with Crippen molar-refractivity contribution in [2.75, 3.05) is 0 Å². The normalized spacial score (nSPS) is 11.4. The number of hydrogen-bond donors (Lipinski definition) is 1. The maximum absolute atomic E-state index is 9.00. The van der Waals surface area contributed by atoms with Gasteiger partial charge in [-0.2, -0.15) is 4.98 Å². The molecule has 1 N–H and O–H groups in total. The zero-order chi connectivity index (χ0) is 15.1. The van der Waals surface area contributed by atoms with Gasteiger partial charge >= 0.3 is 0 Å². The number of thiazole rings is 1. The van der Waals surface area contributed by atoms with E-state index < -0.39 is 0 Å². The van der Waals surface area contributed by atoms with Crippen molar-refractivity contribution >= 4 is 16.3 Å². The molecule has 22 heavy (non-hydrogen) atoms. The van der Waals surface area contributed by atoms with Crippen LogP contribution in [0.3, 0.4) is 0 Å². The van der Waals surface area contributed by atoms with Gasteiger partial charge < -0.3 is 9.63 Å². The molecule has 3 aromatic heterocycles. The van der Waals surface area contributed by atoms with Gasteiger partial charge in [-0.05, 0) is 13.0 Å². The zero-order valence-corrected chi connectivity index (χ0v) is 12.5. The van der Waals surface area contributed by atoms with Crippen LogP contribution in [0.2, 0.25) is 0 Å². The summed E-state index contributed by atoms with van der Waals surface area (Å²) < 4.78 is 6.96. The van der Waals surface area contributed by atoms with E-state index in [0.29, 0.717) is 5.82 Å². The van der Waals surface area contributed by atoms with Gasteiger partial charge in [0.15, 0.2) is 4.96 Å². The average Bonchev–Trinajstić information content (AvgIpc) is 3.21. The number of fused-ring (bicyclic) bond motifs is 1. The van der Waals surface area contributed by atoms with Crippen LogP contribution in [0.25, 0.3) is 27.6 Å². The predicted octanol–water partition coefficient (Wildman–Crippen LogP) is 2.91. The minimum Gasteiger partial charge on any atom is -0.387 e. The van der Waals surface area contributed by atoms with E-state index >= 15 is 0 Å². The second-order valence-electron chi connectivity index (χ2n) is 4.91. The van der Waals surface area contributed by atoms with Crippen LogP contribution in [-0.4, -0.2) is 24.6 Å². The lowest BCUT2D eigenvalue weighted by atomic mass is 10.1. The molecule has 0 bridgehead atoms. The van der Waals surface area contributed by atoms with Crippen molar-refractivity contribution in [3.63, 3.8) is 0 Å². The van der Waals surface area contributed by atoms with Crippen molar-refractivity contribution in [2.45, 2.75) is 13.5 Å². The third kappa shape index (κ3) is 2.20. The second kappa shape index (κ2) is 5.04. The first-order valence-electron chi connectivity index (χ1n) is 6.72.